The Balaban J connectivity index is 1.44. The monoisotopic (exact) mass is 385 g/mol. The summed E-state index contributed by atoms with van der Waals surface area (Å²) in [5.74, 6) is 0.673. The molecule has 3 aromatic carbocycles. The summed E-state index contributed by atoms with van der Waals surface area (Å²) < 4.78 is 10.8. The Morgan fingerprint density at radius 2 is 1.90 bits per heavy atom. The van der Waals surface area contributed by atoms with Crippen LogP contribution in [-0.2, 0) is 4.79 Å². The van der Waals surface area contributed by atoms with Crippen LogP contribution in [0.25, 0.3) is 22.2 Å². The summed E-state index contributed by atoms with van der Waals surface area (Å²) in [6.45, 7) is -0.0127. The van der Waals surface area contributed by atoms with Crippen molar-refractivity contribution in [1.29, 1.82) is 0 Å². The van der Waals surface area contributed by atoms with Crippen molar-refractivity contribution in [2.75, 3.05) is 17.2 Å². The van der Waals surface area contributed by atoms with Gasteiger partial charge in [-0.2, -0.15) is 0 Å². The van der Waals surface area contributed by atoms with E-state index in [0.717, 1.165) is 10.9 Å². The summed E-state index contributed by atoms with van der Waals surface area (Å²) in [6, 6.07) is 19.9. The molecule has 0 fully saturated rings. The fourth-order valence-corrected chi connectivity index (χ4v) is 3.24. The van der Waals surface area contributed by atoms with Crippen LogP contribution in [0.4, 0.5) is 11.4 Å². The number of ether oxygens (including phenoxy) is 1. The smallest absolute Gasteiger partial charge is 0.262 e. The highest BCUT2D eigenvalue weighted by Gasteiger charge is 2.18. The molecule has 0 bridgehead atoms. The molecular formula is C22H15N3O4. The quantitative estimate of drug-likeness (QED) is 0.554. The zero-order valence-electron chi connectivity index (χ0n) is 15.1. The second-order valence-corrected chi connectivity index (χ2v) is 6.61. The molecule has 0 atom stereocenters. The van der Waals surface area contributed by atoms with Gasteiger partial charge in [-0.05, 0) is 36.4 Å². The van der Waals surface area contributed by atoms with Crippen LogP contribution in [-0.4, -0.2) is 23.6 Å². The number of hydrogen-bond donors (Lipinski definition) is 2. The second kappa shape index (κ2) is 6.79. The number of rotatable bonds is 3. The van der Waals surface area contributed by atoms with Gasteiger partial charge >= 0.3 is 0 Å². The SMILES string of the molecule is O=C1COc2ccc(NC(=O)c3ccc4noc(-c5ccccc5)c4c3)cc2N1. The van der Waals surface area contributed by atoms with Crippen LogP contribution < -0.4 is 15.4 Å². The molecule has 2 amide bonds. The molecule has 142 valence electrons. The van der Waals surface area contributed by atoms with E-state index in [-0.39, 0.29) is 18.4 Å². The Bertz CT molecular complexity index is 1250. The lowest BCUT2D eigenvalue weighted by atomic mass is 10.1. The number of hydrogen-bond acceptors (Lipinski definition) is 5. The van der Waals surface area contributed by atoms with Gasteiger partial charge in [-0.25, -0.2) is 0 Å². The number of benzene rings is 3. The van der Waals surface area contributed by atoms with Crippen molar-refractivity contribution in [1.82, 2.24) is 5.16 Å². The van der Waals surface area contributed by atoms with E-state index < -0.39 is 0 Å². The molecule has 7 nitrogen and oxygen atoms in total. The van der Waals surface area contributed by atoms with E-state index in [4.69, 9.17) is 9.26 Å². The summed E-state index contributed by atoms with van der Waals surface area (Å²) in [7, 11) is 0. The Hall–Kier alpha value is -4.13. The van der Waals surface area contributed by atoms with Crippen LogP contribution >= 0.6 is 0 Å². The lowest BCUT2D eigenvalue weighted by Crippen LogP contribution is -2.25. The summed E-state index contributed by atoms with van der Waals surface area (Å²) in [4.78, 5) is 24.3. The molecule has 2 heterocycles. The lowest BCUT2D eigenvalue weighted by molar-refractivity contribution is -0.118. The fraction of sp³-hybridized carbons (Fsp3) is 0.0455. The zero-order chi connectivity index (χ0) is 19.8. The Morgan fingerprint density at radius 3 is 2.76 bits per heavy atom. The summed E-state index contributed by atoms with van der Waals surface area (Å²) in [5, 5.41) is 10.4. The van der Waals surface area contributed by atoms with Gasteiger partial charge in [-0.1, -0.05) is 35.5 Å². The highest BCUT2D eigenvalue weighted by atomic mass is 16.5. The molecule has 0 aliphatic carbocycles. The van der Waals surface area contributed by atoms with E-state index in [2.05, 4.69) is 15.8 Å². The van der Waals surface area contributed by atoms with E-state index in [0.29, 0.717) is 34.0 Å². The minimum Gasteiger partial charge on any atom is -0.482 e. The average molecular weight is 385 g/mol. The molecule has 1 aliphatic rings. The summed E-state index contributed by atoms with van der Waals surface area (Å²) in [5.41, 5.74) is 3.11. The molecular weight excluding hydrogens is 370 g/mol. The third-order valence-electron chi connectivity index (χ3n) is 4.64. The molecule has 0 saturated heterocycles. The van der Waals surface area contributed by atoms with Gasteiger partial charge in [0.2, 0.25) is 0 Å². The van der Waals surface area contributed by atoms with Crippen molar-refractivity contribution in [2.45, 2.75) is 0 Å². The van der Waals surface area contributed by atoms with Gasteiger partial charge in [0, 0.05) is 16.8 Å². The summed E-state index contributed by atoms with van der Waals surface area (Å²) >= 11 is 0. The van der Waals surface area contributed by atoms with Crippen LogP contribution in [0.15, 0.2) is 71.3 Å². The Morgan fingerprint density at radius 1 is 1.03 bits per heavy atom. The number of carbonyl (C=O) groups excluding carboxylic acids is 2. The van der Waals surface area contributed by atoms with Gasteiger partial charge in [0.25, 0.3) is 11.8 Å². The third-order valence-corrected chi connectivity index (χ3v) is 4.64. The standard InChI is InChI=1S/C22H15N3O4/c26-20-12-28-19-9-7-15(11-18(19)24-20)23-22(27)14-6-8-17-16(10-14)21(29-25-17)13-4-2-1-3-5-13/h1-11H,12H2,(H,23,27)(H,24,26). The largest absolute Gasteiger partial charge is 0.482 e. The van der Waals surface area contributed by atoms with Gasteiger partial charge < -0.3 is 19.9 Å². The first kappa shape index (κ1) is 17.0. The van der Waals surface area contributed by atoms with Crippen molar-refractivity contribution in [3.8, 4) is 17.1 Å². The number of nitrogens with zero attached hydrogens (tertiary/aromatic N) is 1. The number of aromatic nitrogens is 1. The maximum Gasteiger partial charge on any atom is 0.262 e. The van der Waals surface area contributed by atoms with E-state index in [1.165, 1.54) is 0 Å². The van der Waals surface area contributed by atoms with Crippen molar-refractivity contribution < 1.29 is 18.8 Å². The molecule has 7 heteroatoms. The Labute approximate surface area is 165 Å². The molecule has 4 aromatic rings. The first-order valence-electron chi connectivity index (χ1n) is 9.00. The number of amides is 2. The van der Waals surface area contributed by atoms with Crippen molar-refractivity contribution in [3.05, 3.63) is 72.3 Å². The normalized spacial score (nSPS) is 12.8. The van der Waals surface area contributed by atoms with Gasteiger partial charge in [0.05, 0.1) is 11.1 Å². The van der Waals surface area contributed by atoms with Gasteiger partial charge in [-0.15, -0.1) is 0 Å². The van der Waals surface area contributed by atoms with Crippen LogP contribution in [0.1, 0.15) is 10.4 Å². The predicted octanol–water partition coefficient (Wildman–Crippen LogP) is 4.08. The van der Waals surface area contributed by atoms with Crippen LogP contribution in [0.3, 0.4) is 0 Å². The highest BCUT2D eigenvalue weighted by molar-refractivity contribution is 6.08. The summed E-state index contributed by atoms with van der Waals surface area (Å²) in [6.07, 6.45) is 0. The lowest BCUT2D eigenvalue weighted by Gasteiger charge is -2.18. The minimum atomic E-state index is -0.282. The molecule has 29 heavy (non-hydrogen) atoms. The Kier molecular flexibility index (Phi) is 3.98. The zero-order valence-corrected chi connectivity index (χ0v) is 15.1. The van der Waals surface area contributed by atoms with Gasteiger partial charge in [0.1, 0.15) is 11.3 Å². The van der Waals surface area contributed by atoms with E-state index in [1.54, 1.807) is 36.4 Å². The topological polar surface area (TPSA) is 93.5 Å². The molecule has 1 aliphatic heterocycles. The minimum absolute atomic E-state index is 0.0127. The van der Waals surface area contributed by atoms with E-state index >= 15 is 0 Å². The molecule has 1 aromatic heterocycles. The number of anilines is 2. The van der Waals surface area contributed by atoms with Crippen LogP contribution in [0.5, 0.6) is 5.75 Å². The molecule has 0 spiro atoms. The van der Waals surface area contributed by atoms with E-state index in [9.17, 15) is 9.59 Å². The number of fused-ring (bicyclic) bond motifs is 2. The molecule has 2 N–H and O–H groups in total. The average Bonchev–Trinajstić information content (AvgIpc) is 3.17. The molecule has 0 radical (unpaired) electrons. The highest BCUT2D eigenvalue weighted by Crippen LogP contribution is 2.32. The van der Waals surface area contributed by atoms with Crippen LogP contribution in [0, 0.1) is 0 Å². The maximum absolute atomic E-state index is 12.8. The first-order valence-corrected chi connectivity index (χ1v) is 9.00. The molecule has 0 saturated carbocycles. The first-order chi connectivity index (χ1) is 14.2. The van der Waals surface area contributed by atoms with Gasteiger partial charge in [-0.3, -0.25) is 9.59 Å². The number of nitrogens with one attached hydrogen (secondary N) is 2. The number of carbonyl (C=O) groups is 2. The second-order valence-electron chi connectivity index (χ2n) is 6.61. The fourth-order valence-electron chi connectivity index (χ4n) is 3.24. The van der Waals surface area contributed by atoms with E-state index in [1.807, 2.05) is 30.3 Å². The van der Waals surface area contributed by atoms with Crippen molar-refractivity contribution >= 4 is 34.1 Å². The van der Waals surface area contributed by atoms with Crippen molar-refractivity contribution in [2.24, 2.45) is 0 Å². The molecule has 0 unspecified atom stereocenters. The van der Waals surface area contributed by atoms with Crippen LogP contribution in [0.2, 0.25) is 0 Å². The maximum atomic E-state index is 12.8. The molecule has 5 rings (SSSR count). The predicted molar refractivity (Wildman–Crippen MR) is 108 cm³/mol. The van der Waals surface area contributed by atoms with Crippen molar-refractivity contribution in [3.63, 3.8) is 0 Å². The third kappa shape index (κ3) is 3.19. The van der Waals surface area contributed by atoms with Gasteiger partial charge in [0.15, 0.2) is 12.4 Å².